The van der Waals surface area contributed by atoms with Gasteiger partial charge in [0.1, 0.15) is 0 Å². The lowest BCUT2D eigenvalue weighted by molar-refractivity contribution is -0.148. The molecule has 0 bridgehead atoms. The molecule has 1 saturated heterocycles. The Bertz CT molecular complexity index is 317. The second-order valence-electron chi connectivity index (χ2n) is 5.44. The first kappa shape index (κ1) is 15.0. The Morgan fingerprint density at radius 3 is 2.56 bits per heavy atom. The molecular formula is C13H24N2O3. The smallest absolute Gasteiger partial charge is 0.310 e. The molecule has 5 heteroatoms. The van der Waals surface area contributed by atoms with Crippen molar-refractivity contribution in [1.29, 1.82) is 0 Å². The largest absolute Gasteiger partial charge is 0.481 e. The van der Waals surface area contributed by atoms with Crippen LogP contribution in [0.4, 0.5) is 0 Å². The first-order chi connectivity index (χ1) is 8.39. The molecule has 1 rings (SSSR count). The third-order valence-corrected chi connectivity index (χ3v) is 3.67. The highest BCUT2D eigenvalue weighted by Gasteiger charge is 2.42. The quantitative estimate of drug-likeness (QED) is 0.746. The third-order valence-electron chi connectivity index (χ3n) is 3.67. The molecule has 18 heavy (non-hydrogen) atoms. The standard InChI is InChI=1S/C13H24N2O3/c1-4-13(12(17)18)6-8-15(9-13)7-5-11(16)14-10(2)3/h10H,4-9H2,1-3H3,(H,14,16)(H,17,18). The van der Waals surface area contributed by atoms with E-state index >= 15 is 0 Å². The summed E-state index contributed by atoms with van der Waals surface area (Å²) in [7, 11) is 0. The molecule has 0 saturated carbocycles. The molecule has 1 aliphatic heterocycles. The molecule has 1 heterocycles. The Labute approximate surface area is 109 Å². The van der Waals surface area contributed by atoms with Crippen LogP contribution in [0.25, 0.3) is 0 Å². The molecular weight excluding hydrogens is 232 g/mol. The normalized spacial score (nSPS) is 24.4. The van der Waals surface area contributed by atoms with Crippen molar-refractivity contribution in [3.63, 3.8) is 0 Å². The fourth-order valence-corrected chi connectivity index (χ4v) is 2.42. The number of carboxylic acid groups (broad SMARTS) is 1. The summed E-state index contributed by atoms with van der Waals surface area (Å²) in [5.41, 5.74) is -0.603. The SMILES string of the molecule is CCC1(C(=O)O)CCN(CCC(=O)NC(C)C)C1. The summed E-state index contributed by atoms with van der Waals surface area (Å²) in [6.45, 7) is 7.76. The minimum absolute atomic E-state index is 0.0364. The molecule has 1 aliphatic rings. The summed E-state index contributed by atoms with van der Waals surface area (Å²) in [5.74, 6) is -0.673. The third kappa shape index (κ3) is 3.70. The second kappa shape index (κ2) is 6.18. The monoisotopic (exact) mass is 256 g/mol. The number of carboxylic acids is 1. The fraction of sp³-hybridized carbons (Fsp3) is 0.846. The molecule has 1 unspecified atom stereocenters. The molecule has 1 fully saturated rings. The first-order valence-electron chi connectivity index (χ1n) is 6.65. The van der Waals surface area contributed by atoms with E-state index in [-0.39, 0.29) is 11.9 Å². The molecule has 104 valence electrons. The minimum atomic E-state index is -0.709. The average Bonchev–Trinajstić information content (AvgIpc) is 2.70. The van der Waals surface area contributed by atoms with Crippen LogP contribution in [0.1, 0.15) is 40.0 Å². The predicted octanol–water partition coefficient (Wildman–Crippen LogP) is 1.09. The molecule has 0 aromatic carbocycles. The number of rotatable bonds is 6. The molecule has 2 N–H and O–H groups in total. The Hall–Kier alpha value is -1.10. The van der Waals surface area contributed by atoms with Crippen LogP contribution in [0.2, 0.25) is 0 Å². The minimum Gasteiger partial charge on any atom is -0.481 e. The highest BCUT2D eigenvalue weighted by Crippen LogP contribution is 2.34. The zero-order chi connectivity index (χ0) is 13.8. The van der Waals surface area contributed by atoms with Crippen molar-refractivity contribution >= 4 is 11.9 Å². The Morgan fingerprint density at radius 1 is 1.44 bits per heavy atom. The zero-order valence-corrected chi connectivity index (χ0v) is 11.5. The van der Waals surface area contributed by atoms with Crippen LogP contribution >= 0.6 is 0 Å². The van der Waals surface area contributed by atoms with Crippen LogP contribution in [-0.4, -0.2) is 47.6 Å². The molecule has 5 nitrogen and oxygen atoms in total. The van der Waals surface area contributed by atoms with Gasteiger partial charge in [0, 0.05) is 25.6 Å². The highest BCUT2D eigenvalue weighted by atomic mass is 16.4. The van der Waals surface area contributed by atoms with Gasteiger partial charge in [-0.25, -0.2) is 0 Å². The fourth-order valence-electron chi connectivity index (χ4n) is 2.42. The van der Waals surface area contributed by atoms with Gasteiger partial charge >= 0.3 is 5.97 Å². The molecule has 0 radical (unpaired) electrons. The number of hydrogen-bond donors (Lipinski definition) is 2. The molecule has 0 spiro atoms. The Morgan fingerprint density at radius 2 is 2.11 bits per heavy atom. The van der Waals surface area contributed by atoms with Crippen LogP contribution in [-0.2, 0) is 9.59 Å². The van der Waals surface area contributed by atoms with Gasteiger partial charge in [0.05, 0.1) is 5.41 Å². The lowest BCUT2D eigenvalue weighted by Gasteiger charge is -2.23. The van der Waals surface area contributed by atoms with E-state index in [0.717, 1.165) is 6.54 Å². The van der Waals surface area contributed by atoms with Crippen molar-refractivity contribution in [3.05, 3.63) is 0 Å². The van der Waals surface area contributed by atoms with Gasteiger partial charge in [0.2, 0.25) is 5.91 Å². The zero-order valence-electron chi connectivity index (χ0n) is 11.5. The molecule has 0 aromatic rings. The lowest BCUT2D eigenvalue weighted by atomic mass is 9.84. The number of aliphatic carboxylic acids is 1. The number of nitrogens with one attached hydrogen (secondary N) is 1. The molecule has 1 amide bonds. The van der Waals surface area contributed by atoms with Crippen LogP contribution in [0, 0.1) is 5.41 Å². The van der Waals surface area contributed by atoms with Crippen LogP contribution in [0.15, 0.2) is 0 Å². The summed E-state index contributed by atoms with van der Waals surface area (Å²) in [6.07, 6.45) is 1.78. The van der Waals surface area contributed by atoms with E-state index in [1.807, 2.05) is 20.8 Å². The van der Waals surface area contributed by atoms with Gasteiger partial charge in [-0.2, -0.15) is 0 Å². The number of amides is 1. The highest BCUT2D eigenvalue weighted by molar-refractivity contribution is 5.76. The van der Waals surface area contributed by atoms with E-state index in [4.69, 9.17) is 0 Å². The predicted molar refractivity (Wildman–Crippen MR) is 69.3 cm³/mol. The average molecular weight is 256 g/mol. The number of likely N-dealkylation sites (tertiary alicyclic amines) is 1. The maximum absolute atomic E-state index is 11.5. The van der Waals surface area contributed by atoms with E-state index in [9.17, 15) is 14.7 Å². The van der Waals surface area contributed by atoms with E-state index in [2.05, 4.69) is 10.2 Å². The van der Waals surface area contributed by atoms with Crippen molar-refractivity contribution in [2.24, 2.45) is 5.41 Å². The van der Waals surface area contributed by atoms with Crippen LogP contribution < -0.4 is 5.32 Å². The maximum Gasteiger partial charge on any atom is 0.310 e. The number of nitrogens with zero attached hydrogens (tertiary/aromatic N) is 1. The number of carbonyl (C=O) groups excluding carboxylic acids is 1. The number of carbonyl (C=O) groups is 2. The van der Waals surface area contributed by atoms with Gasteiger partial charge in [-0.05, 0) is 33.2 Å². The maximum atomic E-state index is 11.5. The van der Waals surface area contributed by atoms with E-state index in [1.165, 1.54) is 0 Å². The van der Waals surface area contributed by atoms with Gasteiger partial charge < -0.3 is 15.3 Å². The van der Waals surface area contributed by atoms with Crippen molar-refractivity contribution in [1.82, 2.24) is 10.2 Å². The van der Waals surface area contributed by atoms with Crippen molar-refractivity contribution < 1.29 is 14.7 Å². The summed E-state index contributed by atoms with van der Waals surface area (Å²) in [4.78, 5) is 24.9. The lowest BCUT2D eigenvalue weighted by Crippen LogP contribution is -2.36. The van der Waals surface area contributed by atoms with Gasteiger partial charge in [0.15, 0.2) is 0 Å². The van der Waals surface area contributed by atoms with Gasteiger partial charge in [-0.1, -0.05) is 6.92 Å². The van der Waals surface area contributed by atoms with Crippen molar-refractivity contribution in [2.75, 3.05) is 19.6 Å². The molecule has 0 aromatic heterocycles. The summed E-state index contributed by atoms with van der Waals surface area (Å²) >= 11 is 0. The van der Waals surface area contributed by atoms with E-state index in [0.29, 0.717) is 32.4 Å². The second-order valence-corrected chi connectivity index (χ2v) is 5.44. The topological polar surface area (TPSA) is 69.6 Å². The van der Waals surface area contributed by atoms with Crippen molar-refractivity contribution in [3.8, 4) is 0 Å². The van der Waals surface area contributed by atoms with Crippen LogP contribution in [0.3, 0.4) is 0 Å². The summed E-state index contributed by atoms with van der Waals surface area (Å²) in [5, 5.41) is 12.1. The summed E-state index contributed by atoms with van der Waals surface area (Å²) in [6, 6.07) is 0.157. The van der Waals surface area contributed by atoms with Gasteiger partial charge in [0.25, 0.3) is 0 Å². The number of hydrogen-bond acceptors (Lipinski definition) is 3. The Balaban J connectivity index is 2.39. The first-order valence-corrected chi connectivity index (χ1v) is 6.65. The summed E-state index contributed by atoms with van der Waals surface area (Å²) < 4.78 is 0. The van der Waals surface area contributed by atoms with Crippen LogP contribution in [0.5, 0.6) is 0 Å². The molecule has 1 atom stereocenters. The molecule has 0 aliphatic carbocycles. The van der Waals surface area contributed by atoms with E-state index < -0.39 is 11.4 Å². The van der Waals surface area contributed by atoms with E-state index in [1.54, 1.807) is 0 Å². The van der Waals surface area contributed by atoms with Gasteiger partial charge in [-0.15, -0.1) is 0 Å². The van der Waals surface area contributed by atoms with Gasteiger partial charge in [-0.3, -0.25) is 9.59 Å². The Kier molecular flexibility index (Phi) is 5.14. The van der Waals surface area contributed by atoms with Crippen molar-refractivity contribution in [2.45, 2.75) is 46.1 Å².